The summed E-state index contributed by atoms with van der Waals surface area (Å²) in [5.41, 5.74) is 2.49. The van der Waals surface area contributed by atoms with E-state index in [9.17, 15) is 13.2 Å². The fraction of sp³-hybridized carbons (Fsp3) is 0.222. The van der Waals surface area contributed by atoms with Gasteiger partial charge >= 0.3 is 0 Å². The van der Waals surface area contributed by atoms with Gasteiger partial charge in [0.15, 0.2) is 5.69 Å². The van der Waals surface area contributed by atoms with E-state index in [1.165, 1.54) is 12.3 Å². The molecular formula is C18H19N5O3S. The zero-order valence-electron chi connectivity index (χ0n) is 15.2. The van der Waals surface area contributed by atoms with Crippen molar-refractivity contribution in [1.29, 1.82) is 0 Å². The molecule has 2 aromatic heterocycles. The van der Waals surface area contributed by atoms with E-state index in [0.29, 0.717) is 16.8 Å². The van der Waals surface area contributed by atoms with E-state index in [4.69, 9.17) is 0 Å². The predicted molar refractivity (Wildman–Crippen MR) is 98.7 cm³/mol. The number of hydrogen-bond acceptors (Lipinski definition) is 6. The van der Waals surface area contributed by atoms with E-state index >= 15 is 0 Å². The SMILES string of the molecule is Cc1cnc(CNC(=O)c2nn(S(=O)(=O)c3ccccc3C)cc2C)cn1. The highest BCUT2D eigenvalue weighted by atomic mass is 32.2. The Kier molecular flexibility index (Phi) is 5.04. The van der Waals surface area contributed by atoms with Gasteiger partial charge < -0.3 is 5.32 Å². The van der Waals surface area contributed by atoms with Crippen LogP contribution in [0.5, 0.6) is 0 Å². The van der Waals surface area contributed by atoms with Gasteiger partial charge in [-0.25, -0.2) is 0 Å². The highest BCUT2D eigenvalue weighted by Crippen LogP contribution is 2.19. The van der Waals surface area contributed by atoms with Gasteiger partial charge in [0.1, 0.15) is 0 Å². The highest BCUT2D eigenvalue weighted by molar-refractivity contribution is 7.89. The van der Waals surface area contributed by atoms with Crippen molar-refractivity contribution in [3.05, 3.63) is 71.1 Å². The summed E-state index contributed by atoms with van der Waals surface area (Å²) in [5, 5.41) is 6.69. The van der Waals surface area contributed by atoms with Crippen molar-refractivity contribution >= 4 is 15.9 Å². The van der Waals surface area contributed by atoms with Gasteiger partial charge in [-0.2, -0.15) is 17.6 Å². The van der Waals surface area contributed by atoms with Crippen LogP contribution in [0.1, 0.15) is 33.0 Å². The monoisotopic (exact) mass is 385 g/mol. The number of carbonyl (C=O) groups is 1. The van der Waals surface area contributed by atoms with Gasteiger partial charge in [-0.15, -0.1) is 0 Å². The number of nitrogens with one attached hydrogen (secondary N) is 1. The number of amides is 1. The summed E-state index contributed by atoms with van der Waals surface area (Å²) in [7, 11) is -3.87. The van der Waals surface area contributed by atoms with Crippen LogP contribution < -0.4 is 5.32 Å². The molecule has 1 N–H and O–H groups in total. The fourth-order valence-corrected chi connectivity index (χ4v) is 3.91. The molecule has 140 valence electrons. The molecule has 0 aliphatic carbocycles. The van der Waals surface area contributed by atoms with E-state index in [0.717, 1.165) is 9.78 Å². The minimum Gasteiger partial charge on any atom is -0.345 e. The van der Waals surface area contributed by atoms with Gasteiger partial charge in [0, 0.05) is 18.0 Å². The number of hydrogen-bond donors (Lipinski definition) is 1. The number of rotatable bonds is 5. The number of aromatic nitrogens is 4. The molecule has 1 amide bonds. The van der Waals surface area contributed by atoms with E-state index in [2.05, 4.69) is 20.4 Å². The van der Waals surface area contributed by atoms with Crippen LogP contribution in [0, 0.1) is 20.8 Å². The Hall–Kier alpha value is -3.07. The predicted octanol–water partition coefficient (Wildman–Crippen LogP) is 1.77. The lowest BCUT2D eigenvalue weighted by molar-refractivity contribution is 0.0944. The van der Waals surface area contributed by atoms with Crippen molar-refractivity contribution in [3.8, 4) is 0 Å². The van der Waals surface area contributed by atoms with Crippen molar-refractivity contribution in [3.63, 3.8) is 0 Å². The second-order valence-electron chi connectivity index (χ2n) is 6.14. The van der Waals surface area contributed by atoms with Gasteiger partial charge in [0.2, 0.25) is 0 Å². The second kappa shape index (κ2) is 7.28. The average Bonchev–Trinajstić information content (AvgIpc) is 3.04. The summed E-state index contributed by atoms with van der Waals surface area (Å²) in [6, 6.07) is 6.62. The van der Waals surface area contributed by atoms with Crippen LogP contribution in [-0.4, -0.2) is 33.5 Å². The first-order chi connectivity index (χ1) is 12.8. The maximum absolute atomic E-state index is 12.8. The fourth-order valence-electron chi connectivity index (χ4n) is 2.49. The van der Waals surface area contributed by atoms with Crippen LogP contribution in [0.2, 0.25) is 0 Å². The smallest absolute Gasteiger partial charge is 0.283 e. The summed E-state index contributed by atoms with van der Waals surface area (Å²) in [6.07, 6.45) is 4.52. The van der Waals surface area contributed by atoms with Crippen molar-refractivity contribution in [1.82, 2.24) is 24.5 Å². The Labute approximate surface area is 157 Å². The van der Waals surface area contributed by atoms with Crippen LogP contribution >= 0.6 is 0 Å². The minimum absolute atomic E-state index is 0.0484. The molecule has 0 aliphatic rings. The van der Waals surface area contributed by atoms with Gasteiger partial charge in [0.05, 0.1) is 29.0 Å². The molecule has 0 unspecified atom stereocenters. The first-order valence-corrected chi connectivity index (χ1v) is 9.66. The highest BCUT2D eigenvalue weighted by Gasteiger charge is 2.23. The summed E-state index contributed by atoms with van der Waals surface area (Å²) in [6.45, 7) is 5.33. The molecule has 0 atom stereocenters. The molecule has 27 heavy (non-hydrogen) atoms. The molecule has 1 aromatic carbocycles. The Morgan fingerprint density at radius 2 is 1.81 bits per heavy atom. The van der Waals surface area contributed by atoms with Crippen molar-refractivity contribution in [2.24, 2.45) is 0 Å². The first-order valence-electron chi connectivity index (χ1n) is 8.22. The van der Waals surface area contributed by atoms with Gasteiger partial charge in [-0.1, -0.05) is 18.2 Å². The molecule has 3 aromatic rings. The second-order valence-corrected chi connectivity index (χ2v) is 7.90. The van der Waals surface area contributed by atoms with Crippen molar-refractivity contribution < 1.29 is 13.2 Å². The molecule has 9 heteroatoms. The van der Waals surface area contributed by atoms with Crippen molar-refractivity contribution in [2.45, 2.75) is 32.2 Å². The molecule has 0 spiro atoms. The Balaban J connectivity index is 1.82. The molecule has 0 saturated heterocycles. The molecule has 0 saturated carbocycles. The molecule has 2 heterocycles. The largest absolute Gasteiger partial charge is 0.345 e. The van der Waals surface area contributed by atoms with Crippen molar-refractivity contribution in [2.75, 3.05) is 0 Å². The van der Waals surface area contributed by atoms with E-state index in [1.807, 2.05) is 6.92 Å². The summed E-state index contributed by atoms with van der Waals surface area (Å²) >= 11 is 0. The first kappa shape index (κ1) is 18.7. The zero-order chi connectivity index (χ0) is 19.6. The third-order valence-electron chi connectivity index (χ3n) is 3.97. The van der Waals surface area contributed by atoms with E-state index < -0.39 is 15.9 Å². The third kappa shape index (κ3) is 3.87. The number of nitrogens with zero attached hydrogens (tertiary/aromatic N) is 4. The normalized spacial score (nSPS) is 11.4. The molecular weight excluding hydrogens is 366 g/mol. The maximum Gasteiger partial charge on any atom is 0.283 e. The third-order valence-corrected chi connectivity index (χ3v) is 5.67. The number of benzene rings is 1. The minimum atomic E-state index is -3.87. The molecule has 0 aliphatic heterocycles. The van der Waals surface area contributed by atoms with Crippen LogP contribution in [0.3, 0.4) is 0 Å². The molecule has 0 fully saturated rings. The van der Waals surface area contributed by atoms with Crippen LogP contribution in [0.25, 0.3) is 0 Å². The Morgan fingerprint density at radius 3 is 2.48 bits per heavy atom. The summed E-state index contributed by atoms with van der Waals surface area (Å²) in [5.74, 6) is -0.478. The van der Waals surface area contributed by atoms with E-state index in [1.54, 1.807) is 44.4 Å². The lowest BCUT2D eigenvalue weighted by Gasteiger charge is -2.07. The molecule has 3 rings (SSSR count). The molecule has 8 nitrogen and oxygen atoms in total. The van der Waals surface area contributed by atoms with Gasteiger partial charge in [-0.3, -0.25) is 14.8 Å². The Bertz CT molecular complexity index is 1090. The van der Waals surface area contributed by atoms with E-state index in [-0.39, 0.29) is 17.1 Å². The molecule has 0 radical (unpaired) electrons. The van der Waals surface area contributed by atoms with Crippen LogP contribution in [0.15, 0.2) is 47.8 Å². The zero-order valence-corrected chi connectivity index (χ0v) is 16.0. The lowest BCUT2D eigenvalue weighted by Crippen LogP contribution is -2.25. The molecule has 0 bridgehead atoms. The number of aryl methyl sites for hydroxylation is 3. The average molecular weight is 385 g/mol. The Morgan fingerprint density at radius 1 is 1.07 bits per heavy atom. The summed E-state index contributed by atoms with van der Waals surface area (Å²) < 4.78 is 26.4. The van der Waals surface area contributed by atoms with Gasteiger partial charge in [-0.05, 0) is 32.4 Å². The van der Waals surface area contributed by atoms with Crippen LogP contribution in [-0.2, 0) is 16.6 Å². The maximum atomic E-state index is 12.8. The summed E-state index contributed by atoms with van der Waals surface area (Å²) in [4.78, 5) is 20.8. The topological polar surface area (TPSA) is 107 Å². The quantitative estimate of drug-likeness (QED) is 0.717. The standard InChI is InChI=1S/C18H19N5O3S/c1-12-6-4-5-7-16(12)27(25,26)23-11-13(2)17(22-23)18(24)21-10-15-9-19-14(3)8-20-15/h4-9,11H,10H2,1-3H3,(H,21,24). The van der Waals surface area contributed by atoms with Crippen LogP contribution in [0.4, 0.5) is 0 Å². The lowest BCUT2D eigenvalue weighted by atomic mass is 10.2. The van der Waals surface area contributed by atoms with Gasteiger partial charge in [0.25, 0.3) is 15.9 Å². The number of carbonyl (C=O) groups excluding carboxylic acids is 1.